The number of aromatic nitrogens is 2. The number of hydrogen-bond acceptors (Lipinski definition) is 9. The summed E-state index contributed by atoms with van der Waals surface area (Å²) in [4.78, 5) is 36.7. The van der Waals surface area contributed by atoms with Crippen molar-refractivity contribution >= 4 is 29.4 Å². The van der Waals surface area contributed by atoms with Crippen LogP contribution < -0.4 is 15.4 Å². The van der Waals surface area contributed by atoms with Gasteiger partial charge in [-0.2, -0.15) is 0 Å². The second-order valence-electron chi connectivity index (χ2n) is 9.97. The van der Waals surface area contributed by atoms with Crippen LogP contribution in [0.3, 0.4) is 0 Å². The normalized spacial score (nSPS) is 17.6. The molecule has 2 atom stereocenters. The Balaban J connectivity index is 1.33. The molecule has 2 aromatic carbocycles. The molecule has 5 rings (SSSR count). The van der Waals surface area contributed by atoms with Gasteiger partial charge in [0.2, 0.25) is 11.9 Å². The maximum atomic E-state index is 14.0. The third kappa shape index (κ3) is 6.31. The van der Waals surface area contributed by atoms with Crippen molar-refractivity contribution in [2.75, 3.05) is 45.9 Å². The minimum absolute atomic E-state index is 0.185. The fourth-order valence-corrected chi connectivity index (χ4v) is 5.34. The molecule has 2 amide bonds. The summed E-state index contributed by atoms with van der Waals surface area (Å²) >= 11 is 6.46. The number of amides is 2. The molecule has 2 aliphatic rings. The lowest BCUT2D eigenvalue weighted by Gasteiger charge is -2.25. The van der Waals surface area contributed by atoms with Gasteiger partial charge in [-0.15, -0.1) is 0 Å². The second-order valence-corrected chi connectivity index (χ2v) is 10.4. The molecule has 3 heterocycles. The zero-order valence-electron chi connectivity index (χ0n) is 23.1. The van der Waals surface area contributed by atoms with E-state index in [2.05, 4.69) is 20.6 Å². The number of anilines is 1. The van der Waals surface area contributed by atoms with Crippen molar-refractivity contribution in [2.45, 2.75) is 31.2 Å². The summed E-state index contributed by atoms with van der Waals surface area (Å²) in [6.45, 7) is 0.479. The fraction of sp³-hybridized carbons (Fsp3) is 0.379. The quantitative estimate of drug-likeness (QED) is 0.320. The number of nitrogens with zero attached hydrogens (tertiary/aromatic N) is 3. The van der Waals surface area contributed by atoms with Crippen molar-refractivity contribution in [2.24, 2.45) is 0 Å². The van der Waals surface area contributed by atoms with E-state index < -0.39 is 36.5 Å². The van der Waals surface area contributed by atoms with Crippen molar-refractivity contribution < 1.29 is 33.3 Å². The first-order chi connectivity index (χ1) is 20.3. The molecule has 0 spiro atoms. The Morgan fingerprint density at radius 3 is 2.74 bits per heavy atom. The van der Waals surface area contributed by atoms with E-state index >= 15 is 0 Å². The zero-order chi connectivity index (χ0) is 29.8. The van der Waals surface area contributed by atoms with Gasteiger partial charge in [0.1, 0.15) is 18.1 Å². The number of aliphatic hydroxyl groups excluding tert-OH is 1. The van der Waals surface area contributed by atoms with Crippen LogP contribution in [0.5, 0.6) is 5.75 Å². The summed E-state index contributed by atoms with van der Waals surface area (Å²) in [6, 6.07) is 8.37. The summed E-state index contributed by atoms with van der Waals surface area (Å²) in [5.41, 5.74) is 2.30. The van der Waals surface area contributed by atoms with Crippen molar-refractivity contribution in [3.05, 3.63) is 70.1 Å². The molecule has 0 saturated carbocycles. The van der Waals surface area contributed by atoms with Crippen molar-refractivity contribution in [1.29, 1.82) is 0 Å². The molecular formula is C29H31ClFN5O6. The Morgan fingerprint density at radius 1 is 1.24 bits per heavy atom. The predicted molar refractivity (Wildman–Crippen MR) is 152 cm³/mol. The van der Waals surface area contributed by atoms with Gasteiger partial charge < -0.3 is 30.0 Å². The number of ether oxygens (including phenoxy) is 3. The summed E-state index contributed by atoms with van der Waals surface area (Å²) in [5.74, 6) is -0.896. The van der Waals surface area contributed by atoms with Crippen LogP contribution in [-0.2, 0) is 14.3 Å². The van der Waals surface area contributed by atoms with Gasteiger partial charge in [-0.25, -0.2) is 14.4 Å². The Hall–Kier alpha value is -3.84. The van der Waals surface area contributed by atoms with E-state index in [-0.39, 0.29) is 18.3 Å². The maximum absolute atomic E-state index is 14.0. The third-order valence-corrected chi connectivity index (χ3v) is 7.53. The van der Waals surface area contributed by atoms with Gasteiger partial charge in [0.15, 0.2) is 6.23 Å². The molecule has 1 saturated heterocycles. The average Bonchev–Trinajstić information content (AvgIpc) is 3.26. The van der Waals surface area contributed by atoms with E-state index in [0.29, 0.717) is 52.1 Å². The number of rotatable bonds is 10. The van der Waals surface area contributed by atoms with Crippen molar-refractivity contribution in [3.63, 3.8) is 0 Å². The van der Waals surface area contributed by atoms with Gasteiger partial charge in [-0.1, -0.05) is 23.7 Å². The first kappa shape index (κ1) is 29.6. The number of benzene rings is 2. The van der Waals surface area contributed by atoms with E-state index in [1.54, 1.807) is 18.2 Å². The highest BCUT2D eigenvalue weighted by molar-refractivity contribution is 6.33. The molecule has 2 aliphatic heterocycles. The number of hydrogen-bond donors (Lipinski definition) is 3. The fourth-order valence-electron chi connectivity index (χ4n) is 5.14. The number of carbonyl (C=O) groups excluding carboxylic acids is 2. The highest BCUT2D eigenvalue weighted by Gasteiger charge is 2.38. The maximum Gasteiger partial charge on any atom is 0.257 e. The van der Waals surface area contributed by atoms with Crippen LogP contribution in [0.2, 0.25) is 5.02 Å². The van der Waals surface area contributed by atoms with E-state index in [1.807, 2.05) is 0 Å². The topological polar surface area (TPSA) is 135 Å². The van der Waals surface area contributed by atoms with Crippen molar-refractivity contribution in [1.82, 2.24) is 20.2 Å². The molecule has 3 N–H and O–H groups in total. The largest absolute Gasteiger partial charge is 0.497 e. The van der Waals surface area contributed by atoms with E-state index in [9.17, 15) is 19.1 Å². The number of carbonyl (C=O) groups is 2. The van der Waals surface area contributed by atoms with Gasteiger partial charge in [0.25, 0.3) is 5.91 Å². The predicted octanol–water partition coefficient (Wildman–Crippen LogP) is 3.49. The van der Waals surface area contributed by atoms with E-state index in [4.69, 9.17) is 25.8 Å². The van der Waals surface area contributed by atoms with Crippen LogP contribution in [0.4, 0.5) is 10.3 Å². The lowest BCUT2D eigenvalue weighted by molar-refractivity contribution is -0.125. The molecule has 0 bridgehead atoms. The SMILES string of the molecule is COc1cc(F)cc([C@@H](CO)NC(=O)CN2C(=O)c3cc(-c4nc(NC5CCOCC5)ncc4Cl)ccc3[C@H]2OC)c1. The lowest BCUT2D eigenvalue weighted by atomic mass is 10.0. The number of halogens is 2. The summed E-state index contributed by atoms with van der Waals surface area (Å²) in [5, 5.41) is 16.2. The van der Waals surface area contributed by atoms with Gasteiger partial charge in [0.05, 0.1) is 36.7 Å². The number of methoxy groups -OCH3 is 2. The molecule has 1 aromatic heterocycles. The van der Waals surface area contributed by atoms with Crippen LogP contribution in [0, 0.1) is 5.82 Å². The molecular weight excluding hydrogens is 569 g/mol. The first-order valence-electron chi connectivity index (χ1n) is 13.4. The summed E-state index contributed by atoms with van der Waals surface area (Å²) < 4.78 is 30.1. The molecule has 3 aromatic rings. The Labute approximate surface area is 247 Å². The first-order valence-corrected chi connectivity index (χ1v) is 13.8. The Bertz CT molecular complexity index is 1470. The van der Waals surface area contributed by atoms with E-state index in [1.165, 1.54) is 43.5 Å². The number of nitrogens with one attached hydrogen (secondary N) is 2. The molecule has 11 nitrogen and oxygen atoms in total. The highest BCUT2D eigenvalue weighted by Crippen LogP contribution is 2.37. The molecule has 0 aliphatic carbocycles. The molecule has 222 valence electrons. The van der Waals surface area contributed by atoms with Crippen LogP contribution >= 0.6 is 11.6 Å². The number of fused-ring (bicyclic) bond motifs is 1. The molecule has 1 fully saturated rings. The second kappa shape index (κ2) is 13.0. The van der Waals surface area contributed by atoms with Crippen LogP contribution in [0.1, 0.15) is 46.6 Å². The minimum atomic E-state index is -0.918. The van der Waals surface area contributed by atoms with Crippen molar-refractivity contribution in [3.8, 4) is 17.0 Å². The van der Waals surface area contributed by atoms with Crippen LogP contribution in [-0.4, -0.2) is 78.4 Å². The summed E-state index contributed by atoms with van der Waals surface area (Å²) in [7, 11) is 2.83. The highest BCUT2D eigenvalue weighted by atomic mass is 35.5. The van der Waals surface area contributed by atoms with Gasteiger partial charge >= 0.3 is 0 Å². The monoisotopic (exact) mass is 599 g/mol. The average molecular weight is 600 g/mol. The third-order valence-electron chi connectivity index (χ3n) is 7.25. The molecule has 0 unspecified atom stereocenters. The smallest absolute Gasteiger partial charge is 0.257 e. The van der Waals surface area contributed by atoms with E-state index in [0.717, 1.165) is 12.8 Å². The van der Waals surface area contributed by atoms with Gasteiger partial charge in [-0.3, -0.25) is 14.5 Å². The molecule has 0 radical (unpaired) electrons. The Morgan fingerprint density at radius 2 is 2.02 bits per heavy atom. The van der Waals surface area contributed by atoms with Gasteiger partial charge in [0, 0.05) is 49.1 Å². The standard InChI is InChI=1S/C29H31ClFN5O6/c1-40-20-10-17(9-18(31)12-20)24(15-37)34-25(38)14-36-27(39)22-11-16(3-4-21(22)28(36)41-2)26-23(30)13-32-29(35-26)33-19-5-7-42-8-6-19/h3-4,9-13,19,24,28,37H,5-8,14-15H2,1-2H3,(H,34,38)(H,32,33,35)/t24-,28-/m1/s1. The van der Waals surface area contributed by atoms with Crippen LogP contribution in [0.25, 0.3) is 11.3 Å². The minimum Gasteiger partial charge on any atom is -0.497 e. The zero-order valence-corrected chi connectivity index (χ0v) is 23.9. The van der Waals surface area contributed by atoms with Crippen LogP contribution in [0.15, 0.2) is 42.6 Å². The molecule has 13 heteroatoms. The molecule has 42 heavy (non-hydrogen) atoms. The number of aliphatic hydroxyl groups is 1. The summed E-state index contributed by atoms with van der Waals surface area (Å²) in [6.07, 6.45) is 2.37. The Kier molecular flexibility index (Phi) is 9.17. The lowest BCUT2D eigenvalue weighted by Crippen LogP contribution is -2.41. The van der Waals surface area contributed by atoms with Gasteiger partial charge in [-0.05, 0) is 36.6 Å².